The van der Waals surface area contributed by atoms with Crippen molar-refractivity contribution >= 4 is 23.8 Å². The topological polar surface area (TPSA) is 114 Å². The van der Waals surface area contributed by atoms with Crippen LogP contribution in [-0.2, 0) is 16.1 Å². The Morgan fingerprint density at radius 1 is 1.15 bits per heavy atom. The van der Waals surface area contributed by atoms with Crippen LogP contribution in [0, 0.1) is 0 Å². The Balaban J connectivity index is 1.58. The van der Waals surface area contributed by atoms with Gasteiger partial charge in [0, 0.05) is 24.0 Å². The minimum atomic E-state index is -1.17. The van der Waals surface area contributed by atoms with Gasteiger partial charge in [-0.2, -0.15) is 9.78 Å². The smallest absolute Gasteiger partial charge is 0.432 e. The van der Waals surface area contributed by atoms with Gasteiger partial charge >= 0.3 is 18.1 Å². The van der Waals surface area contributed by atoms with Crippen LogP contribution < -0.4 is 9.64 Å². The van der Waals surface area contributed by atoms with E-state index in [1.807, 2.05) is 24.3 Å². The largest absolute Gasteiger partial charge is 0.497 e. The van der Waals surface area contributed by atoms with Gasteiger partial charge in [0.2, 0.25) is 0 Å². The molecule has 2 heterocycles. The monoisotopic (exact) mass is 464 g/mol. The summed E-state index contributed by atoms with van der Waals surface area (Å²) in [4.78, 5) is 40.1. The summed E-state index contributed by atoms with van der Waals surface area (Å²) >= 11 is 0. The van der Waals surface area contributed by atoms with Gasteiger partial charge < -0.3 is 19.5 Å². The molecule has 1 aromatic heterocycles. The normalized spacial score (nSPS) is 15.5. The third-order valence-electron chi connectivity index (χ3n) is 5.54. The molecule has 4 rings (SSSR count). The van der Waals surface area contributed by atoms with E-state index in [2.05, 4.69) is 5.10 Å². The quantitative estimate of drug-likeness (QED) is 0.533. The molecule has 1 fully saturated rings. The highest BCUT2D eigenvalue weighted by Crippen LogP contribution is 2.29. The summed E-state index contributed by atoms with van der Waals surface area (Å²) in [6.07, 6.45) is 1.69. The van der Waals surface area contributed by atoms with Crippen LogP contribution in [0.1, 0.15) is 12.5 Å². The first kappa shape index (κ1) is 22.8. The van der Waals surface area contributed by atoms with Crippen molar-refractivity contribution in [1.29, 1.82) is 0 Å². The zero-order valence-corrected chi connectivity index (χ0v) is 18.7. The average Bonchev–Trinajstić information content (AvgIpc) is 3.46. The molecule has 0 spiro atoms. The molecule has 0 aliphatic carbocycles. The third kappa shape index (κ3) is 4.56. The van der Waals surface area contributed by atoms with Gasteiger partial charge in [-0.05, 0) is 42.3 Å². The van der Waals surface area contributed by atoms with Crippen molar-refractivity contribution in [2.75, 3.05) is 25.2 Å². The summed E-state index contributed by atoms with van der Waals surface area (Å²) < 4.78 is 11.3. The molecule has 1 aliphatic rings. The maximum absolute atomic E-state index is 13.4. The van der Waals surface area contributed by atoms with E-state index in [4.69, 9.17) is 14.6 Å². The van der Waals surface area contributed by atoms with Gasteiger partial charge in [0.15, 0.2) is 0 Å². The second-order valence-electron chi connectivity index (χ2n) is 7.64. The number of ether oxygens (including phenoxy) is 2. The number of nitrogens with zero attached hydrogens (tertiary/aromatic N) is 4. The summed E-state index contributed by atoms with van der Waals surface area (Å²) in [6.45, 7) is 2.32. The van der Waals surface area contributed by atoms with Crippen LogP contribution in [0.4, 0.5) is 15.3 Å². The lowest BCUT2D eigenvalue weighted by Gasteiger charge is -2.22. The number of methoxy groups -OCH3 is 1. The fraction of sp³-hybridized carbons (Fsp3) is 0.250. The number of esters is 1. The maximum atomic E-state index is 13.4. The third-order valence-corrected chi connectivity index (χ3v) is 5.54. The Labute approximate surface area is 195 Å². The fourth-order valence-corrected chi connectivity index (χ4v) is 3.85. The SMILES string of the molecule is CCOC(=O)C1CN(c2ccc(-c3cnn(C(=O)O)c3)cc2)C(=O)N1Cc1cccc(OC)c1. The first-order chi connectivity index (χ1) is 16.4. The van der Waals surface area contributed by atoms with Crippen LogP contribution in [0.15, 0.2) is 60.9 Å². The number of hydrogen-bond donors (Lipinski definition) is 1. The molecule has 2 aromatic carbocycles. The van der Waals surface area contributed by atoms with Gasteiger partial charge in [-0.3, -0.25) is 4.90 Å². The highest BCUT2D eigenvalue weighted by molar-refractivity contribution is 5.99. The molecule has 1 unspecified atom stereocenters. The predicted octanol–water partition coefficient (Wildman–Crippen LogP) is 3.46. The number of hydrogen-bond acceptors (Lipinski definition) is 6. The number of carboxylic acid groups (broad SMARTS) is 1. The van der Waals surface area contributed by atoms with Gasteiger partial charge in [0.1, 0.15) is 11.8 Å². The van der Waals surface area contributed by atoms with Crippen molar-refractivity contribution in [2.45, 2.75) is 19.5 Å². The number of benzene rings is 2. The minimum Gasteiger partial charge on any atom is -0.497 e. The summed E-state index contributed by atoms with van der Waals surface area (Å²) in [7, 11) is 1.57. The van der Waals surface area contributed by atoms with Gasteiger partial charge in [0.05, 0.1) is 26.5 Å². The van der Waals surface area contributed by atoms with Crippen LogP contribution in [0.5, 0.6) is 5.75 Å². The van der Waals surface area contributed by atoms with Crippen LogP contribution in [0.2, 0.25) is 0 Å². The lowest BCUT2D eigenvalue weighted by Crippen LogP contribution is -2.40. The molecule has 1 N–H and O–H groups in total. The Morgan fingerprint density at radius 2 is 1.91 bits per heavy atom. The van der Waals surface area contributed by atoms with Crippen molar-refractivity contribution in [2.24, 2.45) is 0 Å². The standard InChI is InChI=1S/C24H24N4O6/c1-3-34-22(29)21-15-26(23(30)27(21)13-16-5-4-6-20(11-16)33-2)19-9-7-17(8-10-19)18-12-25-28(14-18)24(31)32/h4-12,14,21H,3,13,15H2,1-2H3,(H,31,32). The number of amides is 2. The van der Waals surface area contributed by atoms with Gasteiger partial charge in [0.25, 0.3) is 0 Å². The Morgan fingerprint density at radius 3 is 2.56 bits per heavy atom. The fourth-order valence-electron chi connectivity index (χ4n) is 3.85. The maximum Gasteiger partial charge on any atom is 0.432 e. The molecule has 34 heavy (non-hydrogen) atoms. The molecule has 10 nitrogen and oxygen atoms in total. The van der Waals surface area contributed by atoms with E-state index in [0.717, 1.165) is 15.8 Å². The number of carbonyl (C=O) groups is 3. The highest BCUT2D eigenvalue weighted by Gasteiger charge is 2.43. The molecular formula is C24H24N4O6. The average molecular weight is 464 g/mol. The molecular weight excluding hydrogens is 440 g/mol. The summed E-state index contributed by atoms with van der Waals surface area (Å²) in [5, 5.41) is 12.8. The van der Waals surface area contributed by atoms with Crippen molar-refractivity contribution in [1.82, 2.24) is 14.7 Å². The molecule has 176 valence electrons. The molecule has 0 saturated carbocycles. The molecule has 3 aromatic rings. The minimum absolute atomic E-state index is 0.151. The number of anilines is 1. The molecule has 1 atom stereocenters. The lowest BCUT2D eigenvalue weighted by atomic mass is 10.1. The van der Waals surface area contributed by atoms with Crippen LogP contribution in [-0.4, -0.2) is 64.2 Å². The van der Waals surface area contributed by atoms with Crippen LogP contribution in [0.25, 0.3) is 11.1 Å². The van der Waals surface area contributed by atoms with Crippen molar-refractivity contribution < 1.29 is 29.0 Å². The molecule has 2 amide bonds. The van der Waals surface area contributed by atoms with E-state index in [1.165, 1.54) is 22.2 Å². The van der Waals surface area contributed by atoms with Gasteiger partial charge in [-0.1, -0.05) is 24.3 Å². The first-order valence-corrected chi connectivity index (χ1v) is 10.7. The van der Waals surface area contributed by atoms with Crippen molar-refractivity contribution in [3.8, 4) is 16.9 Å². The molecule has 1 saturated heterocycles. The number of aromatic nitrogens is 2. The summed E-state index contributed by atoms with van der Waals surface area (Å²) in [6, 6.07) is 13.3. The molecule has 10 heteroatoms. The van der Waals surface area contributed by atoms with E-state index >= 15 is 0 Å². The van der Waals surface area contributed by atoms with Crippen LogP contribution in [0.3, 0.4) is 0 Å². The summed E-state index contributed by atoms with van der Waals surface area (Å²) in [5.41, 5.74) is 2.82. The Hall–Kier alpha value is -4.34. The second-order valence-corrected chi connectivity index (χ2v) is 7.64. The van der Waals surface area contributed by atoms with Crippen molar-refractivity contribution in [3.05, 3.63) is 66.5 Å². The molecule has 0 bridgehead atoms. The highest BCUT2D eigenvalue weighted by atomic mass is 16.5. The number of rotatable bonds is 7. The lowest BCUT2D eigenvalue weighted by molar-refractivity contribution is -0.147. The van der Waals surface area contributed by atoms with Crippen LogP contribution >= 0.6 is 0 Å². The number of urea groups is 1. The first-order valence-electron chi connectivity index (χ1n) is 10.7. The number of carbonyl (C=O) groups excluding carboxylic acids is 2. The Kier molecular flexibility index (Phi) is 6.48. The van der Waals surface area contributed by atoms with Gasteiger partial charge in [-0.25, -0.2) is 14.4 Å². The van der Waals surface area contributed by atoms with E-state index in [9.17, 15) is 14.4 Å². The Bertz CT molecular complexity index is 1210. The van der Waals surface area contributed by atoms with E-state index in [-0.39, 0.29) is 25.7 Å². The second kappa shape index (κ2) is 9.65. The van der Waals surface area contributed by atoms with Crippen molar-refractivity contribution in [3.63, 3.8) is 0 Å². The summed E-state index contributed by atoms with van der Waals surface area (Å²) in [5.74, 6) is 0.203. The predicted molar refractivity (Wildman–Crippen MR) is 123 cm³/mol. The van der Waals surface area contributed by atoms with E-state index in [0.29, 0.717) is 17.0 Å². The van der Waals surface area contributed by atoms with E-state index in [1.54, 1.807) is 38.3 Å². The zero-order chi connectivity index (χ0) is 24.2. The van der Waals surface area contributed by atoms with Gasteiger partial charge in [-0.15, -0.1) is 0 Å². The molecule has 1 aliphatic heterocycles. The van der Waals surface area contributed by atoms with E-state index < -0.39 is 18.1 Å². The molecule has 0 radical (unpaired) electrons. The zero-order valence-electron chi connectivity index (χ0n) is 18.7.